The van der Waals surface area contributed by atoms with Crippen LogP contribution in [0, 0.1) is 7.14 Å². The van der Waals surface area contributed by atoms with Gasteiger partial charge in [-0.1, -0.05) is 206 Å². The number of halogens is 5. The van der Waals surface area contributed by atoms with E-state index in [1.807, 2.05) is 0 Å². The van der Waals surface area contributed by atoms with Gasteiger partial charge in [-0.25, -0.2) is 0 Å². The summed E-state index contributed by atoms with van der Waals surface area (Å²) in [5.41, 5.74) is 0. The molecule has 0 fully saturated rings. The van der Waals surface area contributed by atoms with Gasteiger partial charge in [0.25, 0.3) is 0 Å². The second kappa shape index (κ2) is 39.0. The molecule has 2 rings (SSSR count). The highest BCUT2D eigenvalue weighted by Crippen LogP contribution is 2.17. The van der Waals surface area contributed by atoms with Gasteiger partial charge in [-0.15, -0.1) is 0 Å². The normalized spacial score (nSPS) is 11.4. The van der Waals surface area contributed by atoms with Gasteiger partial charge in [0.1, 0.15) is 11.5 Å². The second-order valence-corrected chi connectivity index (χ2v) is 18.8. The Bertz CT molecular complexity index is 999. The highest BCUT2D eigenvalue weighted by atomic mass is 127. The Kier molecular flexibility index (Phi) is 36.7. The van der Waals surface area contributed by atoms with Crippen LogP contribution >= 0.6 is 0 Å². The third-order valence-corrected chi connectivity index (χ3v) is 13.1. The summed E-state index contributed by atoms with van der Waals surface area (Å²) in [6.07, 6.45) is 44.9. The predicted octanol–water partition coefficient (Wildman–Crippen LogP) is 14.4. The van der Waals surface area contributed by atoms with Crippen molar-refractivity contribution in [3.63, 3.8) is 0 Å². The van der Waals surface area contributed by atoms with Crippen LogP contribution in [0.15, 0.2) is 48.5 Å². The quantitative estimate of drug-likeness (QED) is 0.0289. The molecule has 8 heteroatoms. The molecule has 0 bridgehead atoms. The molecule has 0 spiro atoms. The average Bonchev–Trinajstić information content (AvgIpc) is 3.18. The number of hydrogen-bond acceptors (Lipinski definition) is 2. The number of ether oxygens (including phenoxy) is 2. The molecule has 0 unspecified atom stereocenters. The first-order valence-electron chi connectivity index (χ1n) is 23.3. The van der Waals surface area contributed by atoms with E-state index in [0.29, 0.717) is 0 Å². The number of benzene rings is 2. The van der Waals surface area contributed by atoms with Crippen LogP contribution in [0.5, 0.6) is 11.5 Å². The third kappa shape index (κ3) is 38.1. The summed E-state index contributed by atoms with van der Waals surface area (Å²) >= 11 is -0.181. The van der Waals surface area contributed by atoms with Crippen molar-refractivity contribution < 1.29 is 47.9 Å². The Labute approximate surface area is 353 Å². The summed E-state index contributed by atoms with van der Waals surface area (Å²) in [7, 11) is -6.00. The fourth-order valence-electron chi connectivity index (χ4n) is 6.99. The summed E-state index contributed by atoms with van der Waals surface area (Å²) in [6, 6.07) is 17.7. The summed E-state index contributed by atoms with van der Waals surface area (Å²) in [5, 5.41) is 0. The minimum absolute atomic E-state index is 0.181. The van der Waals surface area contributed by atoms with E-state index in [1.165, 1.54) is 213 Å². The number of rotatable bonds is 38. The molecule has 0 aromatic heterocycles. The molecule has 324 valence electrons. The highest BCUT2D eigenvalue weighted by molar-refractivity contribution is 6.50. The van der Waals surface area contributed by atoms with Crippen LogP contribution in [0.4, 0.5) is 17.3 Å². The minimum atomic E-state index is -6.00. The molecule has 0 N–H and O–H groups in total. The van der Waals surface area contributed by atoms with Gasteiger partial charge in [0, 0.05) is 0 Å². The van der Waals surface area contributed by atoms with Crippen molar-refractivity contribution in [2.45, 2.75) is 219 Å². The lowest BCUT2D eigenvalue weighted by Crippen LogP contribution is -3.61. The van der Waals surface area contributed by atoms with E-state index < -0.39 is 7.25 Å². The van der Waals surface area contributed by atoms with Crippen LogP contribution in [0.25, 0.3) is 0 Å². The summed E-state index contributed by atoms with van der Waals surface area (Å²) in [5.74, 6) is 2.03. The van der Waals surface area contributed by atoms with E-state index >= 15 is 0 Å². The van der Waals surface area contributed by atoms with Crippen LogP contribution in [0.2, 0.25) is 0 Å². The van der Waals surface area contributed by atoms with Crippen LogP contribution < -0.4 is 30.7 Å². The summed E-state index contributed by atoms with van der Waals surface area (Å²) < 4.78 is 54.0. The maximum Gasteiger partial charge on any atom is 0.673 e. The molecule has 0 atom stereocenters. The molecule has 0 saturated heterocycles. The monoisotopic (exact) mass is 905 g/mol. The first-order valence-corrected chi connectivity index (χ1v) is 25.5. The SMILES string of the molecule is CCCCCCCCCCCCCCCCCCOc1ccc([I+]c2ccc(OCCCCCCCCCCCCCCCCCC)cc2)cc1.F[B-](F)(F)F. The fourth-order valence-corrected chi connectivity index (χ4v) is 9.15. The topological polar surface area (TPSA) is 18.5 Å². The number of unbranched alkanes of at least 4 members (excludes halogenated alkanes) is 30. The third-order valence-electron chi connectivity index (χ3n) is 10.4. The van der Waals surface area contributed by atoms with Gasteiger partial charge < -0.3 is 26.7 Å². The zero-order valence-electron chi connectivity index (χ0n) is 35.9. The fraction of sp³-hybridized carbons (Fsp3) is 0.750. The van der Waals surface area contributed by atoms with Crippen molar-refractivity contribution in [2.24, 2.45) is 0 Å². The first kappa shape index (κ1) is 52.6. The molecule has 0 radical (unpaired) electrons. The van der Waals surface area contributed by atoms with Crippen molar-refractivity contribution in [1.29, 1.82) is 0 Å². The van der Waals surface area contributed by atoms with E-state index in [4.69, 9.17) is 9.47 Å². The Morgan fingerprint density at radius 1 is 0.339 bits per heavy atom. The smallest absolute Gasteiger partial charge is 0.494 e. The van der Waals surface area contributed by atoms with Crippen molar-refractivity contribution in [2.75, 3.05) is 13.2 Å². The summed E-state index contributed by atoms with van der Waals surface area (Å²) in [4.78, 5) is 0. The molecule has 0 aliphatic carbocycles. The Morgan fingerprint density at radius 2 is 0.536 bits per heavy atom. The van der Waals surface area contributed by atoms with E-state index in [0.717, 1.165) is 24.7 Å². The maximum atomic E-state index is 9.75. The molecule has 2 nitrogen and oxygen atoms in total. The zero-order chi connectivity index (χ0) is 40.6. The average molecular weight is 905 g/mol. The highest BCUT2D eigenvalue weighted by Gasteiger charge is 2.20. The van der Waals surface area contributed by atoms with Crippen LogP contribution in [-0.2, 0) is 0 Å². The molecular formula is C48H82BF4IO2. The molecule has 2 aromatic rings. The van der Waals surface area contributed by atoms with Gasteiger partial charge >= 0.3 is 28.5 Å². The molecule has 56 heavy (non-hydrogen) atoms. The van der Waals surface area contributed by atoms with Crippen LogP contribution in [0.1, 0.15) is 219 Å². The van der Waals surface area contributed by atoms with Gasteiger partial charge in [0.2, 0.25) is 0 Å². The number of hydrogen-bond donors (Lipinski definition) is 0. The van der Waals surface area contributed by atoms with E-state index in [1.54, 1.807) is 0 Å². The van der Waals surface area contributed by atoms with Gasteiger partial charge in [-0.05, 0) is 61.4 Å². The van der Waals surface area contributed by atoms with Crippen LogP contribution in [0.3, 0.4) is 0 Å². The Balaban J connectivity index is 0.00000293. The van der Waals surface area contributed by atoms with Crippen molar-refractivity contribution in [1.82, 2.24) is 0 Å². The van der Waals surface area contributed by atoms with E-state index in [-0.39, 0.29) is 21.2 Å². The van der Waals surface area contributed by atoms with E-state index in [9.17, 15) is 17.3 Å². The van der Waals surface area contributed by atoms with Gasteiger partial charge in [0.15, 0.2) is 7.14 Å². The molecule has 0 aliphatic heterocycles. The zero-order valence-corrected chi connectivity index (χ0v) is 38.1. The first-order chi connectivity index (χ1) is 27.3. The minimum Gasteiger partial charge on any atom is -0.494 e. The van der Waals surface area contributed by atoms with Crippen molar-refractivity contribution in [3.05, 3.63) is 55.7 Å². The maximum absolute atomic E-state index is 9.75. The second-order valence-electron chi connectivity index (χ2n) is 15.8. The molecule has 0 amide bonds. The Morgan fingerprint density at radius 3 is 0.750 bits per heavy atom. The summed E-state index contributed by atoms with van der Waals surface area (Å²) in [6.45, 7) is 6.28. The van der Waals surface area contributed by atoms with E-state index in [2.05, 4.69) is 62.4 Å². The molecule has 2 aromatic carbocycles. The predicted molar refractivity (Wildman–Crippen MR) is 231 cm³/mol. The standard InChI is InChI=1S/C48H82IO2.BF4/c1-3-5-7-9-11-13-15-17-19-21-23-25-27-29-31-33-43-50-47-39-35-45(36-40-47)49-46-37-41-48(42-38-46)51-44-34-32-30-28-26-24-22-20-18-16-14-12-10-8-6-4-2;2-1(3,4)5/h35-42H,3-34,43-44H2,1-2H3;/q+1;-1. The molecule has 0 saturated carbocycles. The van der Waals surface area contributed by atoms with Crippen molar-refractivity contribution in [3.8, 4) is 11.5 Å². The Hall–Kier alpha value is -1.45. The lowest BCUT2D eigenvalue weighted by atomic mass is 10.0. The largest absolute Gasteiger partial charge is 0.673 e. The molecule has 0 heterocycles. The van der Waals surface area contributed by atoms with Crippen molar-refractivity contribution >= 4 is 7.25 Å². The van der Waals surface area contributed by atoms with Crippen LogP contribution in [-0.4, -0.2) is 20.5 Å². The lowest BCUT2D eigenvalue weighted by Gasteiger charge is -2.06. The molecule has 0 aliphatic rings. The van der Waals surface area contributed by atoms with Gasteiger partial charge in [0.05, 0.1) is 13.2 Å². The van der Waals surface area contributed by atoms with Gasteiger partial charge in [-0.2, -0.15) is 0 Å². The molecular weight excluding hydrogens is 822 g/mol. The lowest BCUT2D eigenvalue weighted by molar-refractivity contribution is -0.597. The van der Waals surface area contributed by atoms with Gasteiger partial charge in [-0.3, -0.25) is 0 Å².